The number of hydrogen-bond donors (Lipinski definition) is 2. The van der Waals surface area contributed by atoms with E-state index in [0.717, 1.165) is 18.3 Å². The summed E-state index contributed by atoms with van der Waals surface area (Å²) in [6.07, 6.45) is 11.8. The topological polar surface area (TPSA) is 94.1 Å². The highest BCUT2D eigenvalue weighted by Crippen LogP contribution is 2.42. The molecule has 3 rings (SSSR count). The number of cyclic esters (lactones) is 1. The first kappa shape index (κ1) is 38.7. The number of allylic oxidation sites excluding steroid dienone is 7. The summed E-state index contributed by atoms with van der Waals surface area (Å²) in [4.78, 5) is 25.1. The molecule has 0 bridgehead atoms. The van der Waals surface area contributed by atoms with Gasteiger partial charge in [0.1, 0.15) is 6.10 Å². The molecular formula is C38H48F3NO6. The van der Waals surface area contributed by atoms with Crippen molar-refractivity contribution in [1.29, 1.82) is 0 Å². The van der Waals surface area contributed by atoms with E-state index in [1.165, 1.54) is 30.3 Å². The van der Waals surface area contributed by atoms with Gasteiger partial charge in [-0.25, -0.2) is 4.79 Å². The Hall–Kier alpha value is -3.73. The normalized spacial score (nSPS) is 26.9. The van der Waals surface area contributed by atoms with E-state index in [9.17, 15) is 27.9 Å². The molecule has 0 saturated carbocycles. The van der Waals surface area contributed by atoms with Crippen molar-refractivity contribution in [3.05, 3.63) is 108 Å². The van der Waals surface area contributed by atoms with Gasteiger partial charge >= 0.3 is 12.1 Å². The summed E-state index contributed by atoms with van der Waals surface area (Å²) in [6, 6.07) is 5.76. The average Bonchev–Trinajstić information content (AvgIpc) is 3.02. The number of aliphatic hydroxyl groups is 1. The predicted octanol–water partition coefficient (Wildman–Crippen LogP) is 7.21. The third kappa shape index (κ3) is 10.1. The molecule has 10 heteroatoms. The van der Waals surface area contributed by atoms with E-state index >= 15 is 0 Å². The van der Waals surface area contributed by atoms with Crippen molar-refractivity contribution in [2.24, 2.45) is 11.8 Å². The largest absolute Gasteiger partial charge is 0.455 e. The summed E-state index contributed by atoms with van der Waals surface area (Å²) >= 11 is 0. The number of ether oxygens (including phenoxy) is 3. The maximum absolute atomic E-state index is 14.7. The molecular weight excluding hydrogens is 623 g/mol. The number of hydrogen-bond acceptors (Lipinski definition) is 6. The zero-order chi connectivity index (χ0) is 35.5. The van der Waals surface area contributed by atoms with Crippen LogP contribution in [0.2, 0.25) is 0 Å². The molecule has 2 aliphatic rings. The highest BCUT2D eigenvalue weighted by atomic mass is 19.4. The van der Waals surface area contributed by atoms with Crippen LogP contribution in [-0.4, -0.2) is 60.7 Å². The van der Waals surface area contributed by atoms with Gasteiger partial charge < -0.3 is 24.6 Å². The molecule has 2 aliphatic heterocycles. The van der Waals surface area contributed by atoms with Crippen LogP contribution in [0.1, 0.15) is 59.4 Å². The van der Waals surface area contributed by atoms with Crippen LogP contribution in [-0.2, 0) is 29.4 Å². The van der Waals surface area contributed by atoms with Crippen LogP contribution < -0.4 is 5.32 Å². The van der Waals surface area contributed by atoms with Crippen LogP contribution in [0.3, 0.4) is 0 Å². The van der Waals surface area contributed by atoms with Gasteiger partial charge in [0.25, 0.3) is 11.5 Å². The fourth-order valence-electron chi connectivity index (χ4n) is 6.03. The van der Waals surface area contributed by atoms with E-state index in [4.69, 9.17) is 14.2 Å². The van der Waals surface area contributed by atoms with Crippen LogP contribution in [0.4, 0.5) is 13.2 Å². The first-order chi connectivity index (χ1) is 22.7. The first-order valence-corrected chi connectivity index (χ1v) is 16.2. The van der Waals surface area contributed by atoms with Crippen LogP contribution in [0.25, 0.3) is 0 Å². The second-order valence-corrected chi connectivity index (χ2v) is 12.5. The Bertz CT molecular complexity index is 1410. The average molecular weight is 672 g/mol. The summed E-state index contributed by atoms with van der Waals surface area (Å²) in [5.74, 6) is -1.84. The van der Waals surface area contributed by atoms with Crippen LogP contribution in [0.5, 0.6) is 0 Å². The third-order valence-corrected chi connectivity index (χ3v) is 8.57. The molecule has 0 aliphatic carbocycles. The number of carbonyl (C=O) groups is 2. The zero-order valence-corrected chi connectivity index (χ0v) is 28.4. The lowest BCUT2D eigenvalue weighted by molar-refractivity contribution is -0.266. The number of carbonyl (C=O) groups excluding carboxylic acids is 2. The van der Waals surface area contributed by atoms with Crippen LogP contribution in [0.15, 0.2) is 102 Å². The van der Waals surface area contributed by atoms with Crippen molar-refractivity contribution >= 4 is 11.9 Å². The van der Waals surface area contributed by atoms with E-state index in [1.807, 2.05) is 45.9 Å². The summed E-state index contributed by atoms with van der Waals surface area (Å²) in [6.45, 7) is 9.63. The van der Waals surface area contributed by atoms with Crippen molar-refractivity contribution in [3.63, 3.8) is 0 Å². The maximum atomic E-state index is 14.7. The van der Waals surface area contributed by atoms with Gasteiger partial charge in [-0.1, -0.05) is 104 Å². The summed E-state index contributed by atoms with van der Waals surface area (Å²) < 4.78 is 60.6. The number of amides is 1. The Kier molecular flexibility index (Phi) is 14.2. The lowest BCUT2D eigenvalue weighted by Crippen LogP contribution is -2.60. The van der Waals surface area contributed by atoms with E-state index in [2.05, 4.69) is 18.3 Å². The number of nitrogens with one attached hydrogen (secondary N) is 1. The number of methoxy groups -OCH3 is 1. The number of esters is 1. The van der Waals surface area contributed by atoms with Crippen molar-refractivity contribution in [1.82, 2.24) is 5.32 Å². The molecule has 0 radical (unpaired) electrons. The molecule has 2 N–H and O–H groups in total. The van der Waals surface area contributed by atoms with Gasteiger partial charge in [0.2, 0.25) is 0 Å². The predicted molar refractivity (Wildman–Crippen MR) is 180 cm³/mol. The van der Waals surface area contributed by atoms with Crippen molar-refractivity contribution in [2.45, 2.75) is 96.1 Å². The molecule has 7 nitrogen and oxygen atoms in total. The lowest BCUT2D eigenvalue weighted by Gasteiger charge is -2.41. The minimum atomic E-state index is -5.08. The highest BCUT2D eigenvalue weighted by Gasteiger charge is 2.63. The Balaban J connectivity index is 1.84. The van der Waals surface area contributed by atoms with Gasteiger partial charge in [0, 0.05) is 37.5 Å². The molecule has 48 heavy (non-hydrogen) atoms. The van der Waals surface area contributed by atoms with Gasteiger partial charge in [-0.15, -0.1) is 0 Å². The van der Waals surface area contributed by atoms with Gasteiger partial charge in [-0.3, -0.25) is 4.79 Å². The fraction of sp³-hybridized carbons (Fsp3) is 0.474. The Morgan fingerprint density at radius 1 is 1.19 bits per heavy atom. The highest BCUT2D eigenvalue weighted by molar-refractivity contribution is 5.88. The molecule has 1 amide bonds. The number of benzene rings is 1. The van der Waals surface area contributed by atoms with Gasteiger partial charge in [0.15, 0.2) is 0 Å². The van der Waals surface area contributed by atoms with Crippen molar-refractivity contribution in [2.75, 3.05) is 7.11 Å². The summed E-state index contributed by atoms with van der Waals surface area (Å²) in [5.41, 5.74) is -1.61. The number of aliphatic hydroxyl groups excluding tert-OH is 1. The summed E-state index contributed by atoms with van der Waals surface area (Å²) in [7, 11) is 0.858. The van der Waals surface area contributed by atoms with E-state index in [-0.39, 0.29) is 35.9 Å². The molecule has 0 unspecified atom stereocenters. The van der Waals surface area contributed by atoms with E-state index in [0.29, 0.717) is 12.8 Å². The van der Waals surface area contributed by atoms with E-state index in [1.54, 1.807) is 36.4 Å². The molecule has 262 valence electrons. The molecule has 1 aromatic rings. The molecule has 1 aromatic carbocycles. The monoisotopic (exact) mass is 671 g/mol. The summed E-state index contributed by atoms with van der Waals surface area (Å²) in [5, 5.41) is 13.4. The zero-order valence-electron chi connectivity index (χ0n) is 28.4. The molecule has 8 atom stereocenters. The molecule has 0 aromatic heterocycles. The van der Waals surface area contributed by atoms with Crippen molar-refractivity contribution < 1.29 is 42.1 Å². The smallest absolute Gasteiger partial charge is 0.430 e. The second-order valence-electron chi connectivity index (χ2n) is 12.5. The first-order valence-electron chi connectivity index (χ1n) is 16.2. The minimum absolute atomic E-state index is 0.107. The second kappa shape index (κ2) is 17.6. The number of halogens is 3. The Morgan fingerprint density at radius 2 is 1.90 bits per heavy atom. The third-order valence-electron chi connectivity index (χ3n) is 8.57. The maximum Gasteiger partial charge on any atom is 0.430 e. The SMILES string of the molecule is C/C=C/[C@@H]1O[C@H]([C@@H](/C=C/C=C(\C)C[C@@H](C)/C=C(C)\C=C\[C@H]2CC=CC(=O)O2)NC(=O)[C@@](OC)(c2ccccc2)C(F)(F)F)C[C@@H](O)[C@@H]1C. The number of rotatable bonds is 13. The molecule has 0 spiro atoms. The van der Waals surface area contributed by atoms with Gasteiger partial charge in [0.05, 0.1) is 24.4 Å². The fourth-order valence-corrected chi connectivity index (χ4v) is 6.03. The van der Waals surface area contributed by atoms with Crippen molar-refractivity contribution in [3.8, 4) is 0 Å². The number of alkyl halides is 3. The quantitative estimate of drug-likeness (QED) is 0.131. The lowest BCUT2D eigenvalue weighted by atomic mass is 9.86. The van der Waals surface area contributed by atoms with Crippen LogP contribution in [0, 0.1) is 11.8 Å². The molecule has 2 heterocycles. The Labute approximate surface area is 281 Å². The Morgan fingerprint density at radius 3 is 2.52 bits per heavy atom. The van der Waals surface area contributed by atoms with Gasteiger partial charge in [-0.05, 0) is 39.2 Å². The molecule has 1 saturated heterocycles. The van der Waals surface area contributed by atoms with E-state index < -0.39 is 42.0 Å². The van der Waals surface area contributed by atoms with Crippen LogP contribution >= 0.6 is 0 Å². The molecule has 1 fully saturated rings. The standard InChI is InChI=1S/C38H48F3NO6/c1-7-13-33-28(5)32(43)24-34(48-33)31(42-36(45)37(46-6,38(39,40)41)29-15-9-8-10-16-29)18-11-14-25(2)22-27(4)23-26(3)20-21-30-17-12-19-35(44)47-30/h7-16,18-21,23,27-28,30-34,43H,17,22,24H2,1-6H3,(H,42,45)/b13-7+,18-11+,21-20+,25-14+,26-23-/t27-,28+,30-,31-,32-,33+,34+,37+/m1/s1. The van der Waals surface area contributed by atoms with Gasteiger partial charge in [-0.2, -0.15) is 13.2 Å². The minimum Gasteiger partial charge on any atom is -0.455 e.